The molecule has 11 nitrogen and oxygen atoms in total. The van der Waals surface area contributed by atoms with E-state index in [1.54, 1.807) is 36.2 Å². The number of hydrogen-bond donors (Lipinski definition) is 3. The lowest BCUT2D eigenvalue weighted by Gasteiger charge is -2.35. The number of rotatable bonds is 8. The number of aliphatic hydroxyl groups is 1. The SMILES string of the molecule is Cc1cc(NC(=O)c2c(N3CCC4(CC3)CC4)cc(NS(=O)(=O)CCO)n3ccnc23)cc(N2CCC(F)(F)CC2)n1. The van der Waals surface area contributed by atoms with Gasteiger partial charge in [0, 0.05) is 74.9 Å². The van der Waals surface area contributed by atoms with E-state index >= 15 is 0 Å². The number of halogens is 2. The topological polar surface area (TPSA) is 132 Å². The number of anilines is 4. The lowest BCUT2D eigenvalue weighted by Crippen LogP contribution is -2.39. The van der Waals surface area contributed by atoms with Crippen molar-refractivity contribution in [3.63, 3.8) is 0 Å². The van der Waals surface area contributed by atoms with Gasteiger partial charge < -0.3 is 20.2 Å². The summed E-state index contributed by atoms with van der Waals surface area (Å²) in [5, 5.41) is 12.2. The third-order valence-electron chi connectivity index (χ3n) is 8.64. The van der Waals surface area contributed by atoms with Crippen molar-refractivity contribution in [1.82, 2.24) is 14.4 Å². The number of aliphatic hydroxyl groups excluding tert-OH is 1. The van der Waals surface area contributed by atoms with Crippen molar-refractivity contribution in [2.45, 2.75) is 51.4 Å². The van der Waals surface area contributed by atoms with Crippen LogP contribution in [-0.2, 0) is 10.0 Å². The van der Waals surface area contributed by atoms with Gasteiger partial charge in [0.15, 0.2) is 5.65 Å². The van der Waals surface area contributed by atoms with Crippen molar-refractivity contribution in [2.75, 3.05) is 58.4 Å². The van der Waals surface area contributed by atoms with E-state index in [2.05, 4.69) is 24.9 Å². The maximum absolute atomic E-state index is 14.0. The predicted molar refractivity (Wildman–Crippen MR) is 156 cm³/mol. The second-order valence-corrected chi connectivity index (χ2v) is 13.5. The van der Waals surface area contributed by atoms with Crippen molar-refractivity contribution in [3.8, 4) is 0 Å². The number of fused-ring (bicyclic) bond motifs is 1. The Morgan fingerprint density at radius 1 is 1.02 bits per heavy atom. The zero-order chi connectivity index (χ0) is 29.7. The molecule has 6 rings (SSSR count). The third-order valence-corrected chi connectivity index (χ3v) is 9.88. The van der Waals surface area contributed by atoms with Crippen LogP contribution >= 0.6 is 0 Å². The molecular formula is C28H35F2N7O4S. The van der Waals surface area contributed by atoms with Crippen LogP contribution in [0.4, 0.5) is 31.8 Å². The Kier molecular flexibility index (Phi) is 7.24. The largest absolute Gasteiger partial charge is 0.395 e. The number of sulfonamides is 1. The molecule has 2 saturated heterocycles. The lowest BCUT2D eigenvalue weighted by atomic mass is 9.93. The number of pyridine rings is 2. The lowest BCUT2D eigenvalue weighted by molar-refractivity contribution is -0.0221. The zero-order valence-corrected chi connectivity index (χ0v) is 24.3. The maximum atomic E-state index is 14.0. The second-order valence-electron chi connectivity index (χ2n) is 11.7. The number of alkyl halides is 2. The molecule has 14 heteroatoms. The van der Waals surface area contributed by atoms with Gasteiger partial charge in [-0.2, -0.15) is 0 Å². The standard InChI is InChI=1S/C28H35F2N7O4S/c1-19-16-20(17-22(32-19)36-11-6-28(29,30)7-12-36)33-26(39)24-21(35-9-4-27(2-3-27)5-10-35)18-23(34-42(40,41)15-14-38)37-13-8-31-25(24)37/h8,13,16-18,34,38H,2-7,9-12,14-15H2,1H3,(H,32,33,39). The quantitative estimate of drug-likeness (QED) is 0.356. The van der Waals surface area contributed by atoms with Crippen LogP contribution in [0.2, 0.25) is 0 Å². The van der Waals surface area contributed by atoms with E-state index in [-0.39, 0.29) is 37.4 Å². The summed E-state index contributed by atoms with van der Waals surface area (Å²) in [5.74, 6) is -2.84. The molecule has 0 radical (unpaired) electrons. The van der Waals surface area contributed by atoms with Crippen LogP contribution in [0.5, 0.6) is 0 Å². The smallest absolute Gasteiger partial charge is 0.261 e. The highest BCUT2D eigenvalue weighted by Crippen LogP contribution is 2.54. The minimum absolute atomic E-state index is 0.166. The van der Waals surface area contributed by atoms with Crippen LogP contribution in [0.25, 0.3) is 5.65 Å². The van der Waals surface area contributed by atoms with Gasteiger partial charge in [-0.3, -0.25) is 13.9 Å². The predicted octanol–water partition coefficient (Wildman–Crippen LogP) is 3.64. The molecule has 0 unspecified atom stereocenters. The van der Waals surface area contributed by atoms with Crippen LogP contribution in [0.15, 0.2) is 30.6 Å². The first kappa shape index (κ1) is 28.6. The molecule has 3 fully saturated rings. The number of nitrogens with zero attached hydrogens (tertiary/aromatic N) is 5. The number of nitrogens with one attached hydrogen (secondary N) is 2. The van der Waals surface area contributed by atoms with E-state index in [0.717, 1.165) is 25.9 Å². The molecule has 1 spiro atoms. The summed E-state index contributed by atoms with van der Waals surface area (Å²) in [4.78, 5) is 26.9. The molecule has 3 N–H and O–H groups in total. The number of carbonyl (C=O) groups excluding carboxylic acids is 1. The summed E-state index contributed by atoms with van der Waals surface area (Å²) in [6, 6.07) is 5.06. The number of aryl methyl sites for hydroxylation is 1. The summed E-state index contributed by atoms with van der Waals surface area (Å²) < 4.78 is 56.7. The maximum Gasteiger partial charge on any atom is 0.261 e. The van der Waals surface area contributed by atoms with Crippen molar-refractivity contribution in [3.05, 3.63) is 41.9 Å². The molecule has 1 saturated carbocycles. The van der Waals surface area contributed by atoms with Crippen molar-refractivity contribution >= 4 is 44.6 Å². The van der Waals surface area contributed by atoms with E-state index in [1.165, 1.54) is 23.4 Å². The first-order valence-corrected chi connectivity index (χ1v) is 15.9. The van der Waals surface area contributed by atoms with E-state index in [4.69, 9.17) is 0 Å². The molecule has 3 aromatic rings. The molecule has 42 heavy (non-hydrogen) atoms. The average molecular weight is 604 g/mol. The highest BCUT2D eigenvalue weighted by Gasteiger charge is 2.45. The minimum Gasteiger partial charge on any atom is -0.395 e. The number of hydrogen-bond acceptors (Lipinski definition) is 8. The summed E-state index contributed by atoms with van der Waals surface area (Å²) in [7, 11) is -3.85. The van der Waals surface area contributed by atoms with Crippen LogP contribution in [0, 0.1) is 12.3 Å². The molecular weight excluding hydrogens is 568 g/mol. The molecule has 0 aromatic carbocycles. The first-order chi connectivity index (χ1) is 20.0. The third kappa shape index (κ3) is 5.87. The van der Waals surface area contributed by atoms with Crippen molar-refractivity contribution < 1.29 is 27.1 Å². The van der Waals surface area contributed by atoms with Gasteiger partial charge >= 0.3 is 0 Å². The molecule has 2 aliphatic heterocycles. The molecule has 1 aliphatic carbocycles. The number of imidazole rings is 1. The number of amides is 1. The van der Waals surface area contributed by atoms with Crippen LogP contribution < -0.4 is 19.8 Å². The number of aromatic nitrogens is 3. The van der Waals surface area contributed by atoms with E-state index in [9.17, 15) is 27.1 Å². The van der Waals surface area contributed by atoms with Crippen LogP contribution in [0.1, 0.15) is 54.6 Å². The zero-order valence-electron chi connectivity index (χ0n) is 23.4. The Balaban J connectivity index is 1.35. The number of carbonyl (C=O) groups is 1. The average Bonchev–Trinajstić information content (AvgIpc) is 3.48. The van der Waals surface area contributed by atoms with Crippen LogP contribution in [0.3, 0.4) is 0 Å². The highest BCUT2D eigenvalue weighted by molar-refractivity contribution is 7.92. The van der Waals surface area contributed by atoms with Crippen LogP contribution in [-0.4, -0.2) is 78.3 Å². The van der Waals surface area contributed by atoms with Gasteiger partial charge in [-0.25, -0.2) is 27.2 Å². The minimum atomic E-state index is -3.85. The van der Waals surface area contributed by atoms with Gasteiger partial charge in [0.2, 0.25) is 10.0 Å². The molecule has 3 aromatic heterocycles. The van der Waals surface area contributed by atoms with Gasteiger partial charge in [0.1, 0.15) is 17.2 Å². The molecule has 226 valence electrons. The van der Waals surface area contributed by atoms with Crippen molar-refractivity contribution in [2.24, 2.45) is 5.41 Å². The molecule has 3 aliphatic rings. The Bertz CT molecular complexity index is 1600. The number of piperidine rings is 2. The van der Waals surface area contributed by atoms with Gasteiger partial charge in [-0.1, -0.05) is 0 Å². The molecule has 0 bridgehead atoms. The molecule has 5 heterocycles. The summed E-state index contributed by atoms with van der Waals surface area (Å²) in [6.45, 7) is 3.03. The molecule has 0 atom stereocenters. The van der Waals surface area contributed by atoms with E-state index in [1.807, 2.05) is 0 Å². The van der Waals surface area contributed by atoms with Gasteiger partial charge in [-0.05, 0) is 44.1 Å². The summed E-state index contributed by atoms with van der Waals surface area (Å²) in [6.07, 6.45) is 6.95. The molecule has 1 amide bonds. The Hall–Kier alpha value is -3.52. The summed E-state index contributed by atoms with van der Waals surface area (Å²) >= 11 is 0. The fourth-order valence-corrected chi connectivity index (χ4v) is 6.80. The van der Waals surface area contributed by atoms with Crippen molar-refractivity contribution in [1.29, 1.82) is 0 Å². The second kappa shape index (κ2) is 10.6. The Labute approximate surface area is 243 Å². The fourth-order valence-electron chi connectivity index (χ4n) is 5.99. The van der Waals surface area contributed by atoms with Gasteiger partial charge in [0.25, 0.3) is 11.8 Å². The van der Waals surface area contributed by atoms with Gasteiger partial charge in [0.05, 0.1) is 18.0 Å². The van der Waals surface area contributed by atoms with E-state index in [0.29, 0.717) is 33.9 Å². The van der Waals surface area contributed by atoms with E-state index < -0.39 is 34.2 Å². The fraction of sp³-hybridized carbons (Fsp3) is 0.536. The Morgan fingerprint density at radius 2 is 1.71 bits per heavy atom. The highest BCUT2D eigenvalue weighted by atomic mass is 32.2. The van der Waals surface area contributed by atoms with Gasteiger partial charge in [-0.15, -0.1) is 0 Å². The first-order valence-electron chi connectivity index (χ1n) is 14.3. The monoisotopic (exact) mass is 603 g/mol. The normalized spacial score (nSPS) is 19.7. The Morgan fingerprint density at radius 3 is 2.38 bits per heavy atom. The summed E-state index contributed by atoms with van der Waals surface area (Å²) in [5.41, 5.74) is 2.62.